The quantitative estimate of drug-likeness (QED) is 0.889. The molecule has 4 rings (SSSR count). The van der Waals surface area contributed by atoms with Crippen molar-refractivity contribution < 1.29 is 9.59 Å². The van der Waals surface area contributed by atoms with E-state index < -0.39 is 0 Å². The van der Waals surface area contributed by atoms with Crippen molar-refractivity contribution in [1.29, 1.82) is 0 Å². The van der Waals surface area contributed by atoms with Gasteiger partial charge in [0.25, 0.3) is 0 Å². The molecule has 146 valence electrons. The van der Waals surface area contributed by atoms with Crippen LogP contribution in [0.4, 0.5) is 10.5 Å². The highest BCUT2D eigenvalue weighted by atomic mass is 16.2. The molecule has 3 amide bonds. The summed E-state index contributed by atoms with van der Waals surface area (Å²) in [5.74, 6) is 0.175. The fraction of sp³-hybridized carbons (Fsp3) is 0.409. The summed E-state index contributed by atoms with van der Waals surface area (Å²) in [6.45, 7) is 5.88. The lowest BCUT2D eigenvalue weighted by atomic mass is 9.95. The van der Waals surface area contributed by atoms with Gasteiger partial charge in [-0.3, -0.25) is 9.78 Å². The third kappa shape index (κ3) is 3.35. The molecule has 0 bridgehead atoms. The highest BCUT2D eigenvalue weighted by Gasteiger charge is 2.50. The second-order valence-electron chi connectivity index (χ2n) is 7.91. The van der Waals surface area contributed by atoms with Crippen LogP contribution in [-0.4, -0.2) is 45.4 Å². The number of benzene rings is 1. The Morgan fingerprint density at radius 2 is 1.96 bits per heavy atom. The van der Waals surface area contributed by atoms with Gasteiger partial charge < -0.3 is 15.1 Å². The number of aryl methyl sites for hydroxylation is 1. The maximum atomic E-state index is 12.9. The van der Waals surface area contributed by atoms with Crippen LogP contribution in [-0.2, 0) is 11.3 Å². The Bertz CT molecular complexity index is 899. The number of carbonyl (C=O) groups excluding carboxylic acids is 2. The molecule has 1 aromatic carbocycles. The third-order valence-electron chi connectivity index (χ3n) is 6.23. The van der Waals surface area contributed by atoms with Crippen molar-refractivity contribution in [3.8, 4) is 0 Å². The van der Waals surface area contributed by atoms with Gasteiger partial charge >= 0.3 is 6.03 Å². The van der Waals surface area contributed by atoms with Crippen LogP contribution in [0.5, 0.6) is 0 Å². The molecule has 0 saturated carbocycles. The predicted molar refractivity (Wildman–Crippen MR) is 108 cm³/mol. The Hall–Kier alpha value is -2.89. The minimum Gasteiger partial charge on any atom is -0.331 e. The molecule has 1 unspecified atom stereocenters. The van der Waals surface area contributed by atoms with Gasteiger partial charge in [0.15, 0.2) is 0 Å². The SMILES string of the molecule is Cc1cccc(NC(=O)N2CCC3(CCC(=O)N3Cc3ccncc3)C2)c1C. The molecule has 28 heavy (non-hydrogen) atoms. The lowest BCUT2D eigenvalue weighted by molar-refractivity contribution is -0.131. The number of nitrogens with one attached hydrogen (secondary N) is 1. The number of aromatic nitrogens is 1. The van der Waals surface area contributed by atoms with Gasteiger partial charge in [0.2, 0.25) is 5.91 Å². The number of rotatable bonds is 3. The monoisotopic (exact) mass is 378 g/mol. The Kier molecular flexibility index (Phi) is 4.79. The second-order valence-corrected chi connectivity index (χ2v) is 7.91. The average Bonchev–Trinajstić information content (AvgIpc) is 3.26. The van der Waals surface area contributed by atoms with E-state index in [9.17, 15) is 9.59 Å². The number of hydrogen-bond donors (Lipinski definition) is 1. The standard InChI is InChI=1S/C22H26N4O2/c1-16-4-3-5-19(17(16)2)24-21(28)25-13-10-22(15-25)9-6-20(27)26(22)14-18-7-11-23-12-8-18/h3-5,7-8,11-12H,6,9-10,13-15H2,1-2H3,(H,24,28). The zero-order chi connectivity index (χ0) is 19.7. The summed E-state index contributed by atoms with van der Waals surface area (Å²) in [5.41, 5.74) is 3.91. The molecular weight excluding hydrogens is 352 g/mol. The number of carbonyl (C=O) groups is 2. The maximum Gasteiger partial charge on any atom is 0.321 e. The Balaban J connectivity index is 1.48. The van der Waals surface area contributed by atoms with E-state index in [1.54, 1.807) is 12.4 Å². The maximum absolute atomic E-state index is 12.9. The average molecular weight is 378 g/mol. The summed E-state index contributed by atoms with van der Waals surface area (Å²) in [6.07, 6.45) is 5.69. The van der Waals surface area contributed by atoms with Crippen LogP contribution in [0, 0.1) is 13.8 Å². The van der Waals surface area contributed by atoms with Crippen LogP contribution in [0.25, 0.3) is 0 Å². The largest absolute Gasteiger partial charge is 0.331 e. The summed E-state index contributed by atoms with van der Waals surface area (Å²) in [7, 11) is 0. The molecule has 6 nitrogen and oxygen atoms in total. The number of nitrogens with zero attached hydrogens (tertiary/aromatic N) is 3. The molecular formula is C22H26N4O2. The van der Waals surface area contributed by atoms with E-state index in [2.05, 4.69) is 10.3 Å². The Labute approximate surface area is 165 Å². The van der Waals surface area contributed by atoms with Crippen LogP contribution in [0.3, 0.4) is 0 Å². The van der Waals surface area contributed by atoms with Crippen molar-refractivity contribution in [2.75, 3.05) is 18.4 Å². The van der Waals surface area contributed by atoms with Crippen molar-refractivity contribution in [3.05, 3.63) is 59.4 Å². The van der Waals surface area contributed by atoms with Gasteiger partial charge in [0.05, 0.1) is 5.54 Å². The van der Waals surface area contributed by atoms with E-state index in [0.717, 1.165) is 35.2 Å². The highest BCUT2D eigenvalue weighted by Crippen LogP contribution is 2.39. The van der Waals surface area contributed by atoms with Gasteiger partial charge in [-0.25, -0.2) is 4.79 Å². The van der Waals surface area contributed by atoms with E-state index in [-0.39, 0.29) is 17.5 Å². The molecule has 2 aromatic rings. The highest BCUT2D eigenvalue weighted by molar-refractivity contribution is 5.91. The zero-order valence-corrected chi connectivity index (χ0v) is 16.4. The summed E-state index contributed by atoms with van der Waals surface area (Å²) in [5, 5.41) is 3.05. The first-order chi connectivity index (χ1) is 13.5. The number of hydrogen-bond acceptors (Lipinski definition) is 3. The fourth-order valence-electron chi connectivity index (χ4n) is 4.34. The van der Waals surface area contributed by atoms with Crippen LogP contribution >= 0.6 is 0 Å². The van der Waals surface area contributed by atoms with E-state index in [1.807, 2.05) is 54.0 Å². The van der Waals surface area contributed by atoms with Gasteiger partial charge in [0, 0.05) is 44.1 Å². The summed E-state index contributed by atoms with van der Waals surface area (Å²) < 4.78 is 0. The molecule has 1 atom stereocenters. The second kappa shape index (κ2) is 7.26. The van der Waals surface area contributed by atoms with Crippen molar-refractivity contribution in [2.24, 2.45) is 0 Å². The number of likely N-dealkylation sites (tertiary alicyclic amines) is 2. The van der Waals surface area contributed by atoms with Crippen molar-refractivity contribution in [3.63, 3.8) is 0 Å². The van der Waals surface area contributed by atoms with Gasteiger partial charge in [-0.1, -0.05) is 12.1 Å². The molecule has 3 heterocycles. The fourth-order valence-corrected chi connectivity index (χ4v) is 4.34. The first-order valence-electron chi connectivity index (χ1n) is 9.80. The molecule has 1 spiro atoms. The van der Waals surface area contributed by atoms with Crippen molar-refractivity contribution in [2.45, 2.75) is 45.2 Å². The van der Waals surface area contributed by atoms with Crippen LogP contribution in [0.1, 0.15) is 36.0 Å². The van der Waals surface area contributed by atoms with E-state index in [4.69, 9.17) is 0 Å². The number of urea groups is 1. The Morgan fingerprint density at radius 3 is 2.75 bits per heavy atom. The molecule has 0 radical (unpaired) electrons. The van der Waals surface area contributed by atoms with Crippen LogP contribution < -0.4 is 5.32 Å². The molecule has 2 saturated heterocycles. The summed E-state index contributed by atoms with van der Waals surface area (Å²) >= 11 is 0. The molecule has 2 aliphatic rings. The van der Waals surface area contributed by atoms with Crippen LogP contribution in [0.15, 0.2) is 42.7 Å². The predicted octanol–water partition coefficient (Wildman–Crippen LogP) is 3.50. The molecule has 2 fully saturated rings. The van der Waals surface area contributed by atoms with Crippen molar-refractivity contribution in [1.82, 2.24) is 14.8 Å². The molecule has 6 heteroatoms. The number of anilines is 1. The van der Waals surface area contributed by atoms with Gasteiger partial charge in [-0.05, 0) is 61.6 Å². The van der Waals surface area contributed by atoms with Crippen molar-refractivity contribution >= 4 is 17.6 Å². The van der Waals surface area contributed by atoms with Gasteiger partial charge in [-0.15, -0.1) is 0 Å². The first kappa shape index (κ1) is 18.5. The minimum absolute atomic E-state index is 0.0891. The van der Waals surface area contributed by atoms with Gasteiger partial charge in [0.1, 0.15) is 0 Å². The van der Waals surface area contributed by atoms with Gasteiger partial charge in [-0.2, -0.15) is 0 Å². The summed E-state index contributed by atoms with van der Waals surface area (Å²) in [6, 6.07) is 9.72. The minimum atomic E-state index is -0.251. The lowest BCUT2D eigenvalue weighted by Gasteiger charge is -2.35. The van der Waals surface area contributed by atoms with E-state index >= 15 is 0 Å². The molecule has 0 aliphatic carbocycles. The van der Waals surface area contributed by atoms with E-state index in [1.165, 1.54) is 0 Å². The summed E-state index contributed by atoms with van der Waals surface area (Å²) in [4.78, 5) is 33.3. The third-order valence-corrected chi connectivity index (χ3v) is 6.23. The topological polar surface area (TPSA) is 65.5 Å². The first-order valence-corrected chi connectivity index (χ1v) is 9.80. The molecule has 1 aromatic heterocycles. The normalized spacial score (nSPS) is 21.6. The zero-order valence-electron chi connectivity index (χ0n) is 16.4. The number of amides is 3. The molecule has 1 N–H and O–H groups in total. The molecule has 2 aliphatic heterocycles. The number of pyridine rings is 1. The van der Waals surface area contributed by atoms with E-state index in [0.29, 0.717) is 26.1 Å². The smallest absolute Gasteiger partial charge is 0.321 e. The lowest BCUT2D eigenvalue weighted by Crippen LogP contribution is -2.48. The van der Waals surface area contributed by atoms with Crippen LogP contribution in [0.2, 0.25) is 0 Å². The Morgan fingerprint density at radius 1 is 1.18 bits per heavy atom.